The van der Waals surface area contributed by atoms with Crippen LogP contribution in [-0.2, 0) is 4.79 Å². The van der Waals surface area contributed by atoms with E-state index < -0.39 is 6.10 Å². The van der Waals surface area contributed by atoms with Crippen LogP contribution in [0.15, 0.2) is 48.5 Å². The van der Waals surface area contributed by atoms with Crippen LogP contribution in [0.5, 0.6) is 5.75 Å². The topological polar surface area (TPSA) is 44.8 Å². The minimum Gasteiger partial charge on any atom is -0.481 e. The third-order valence-corrected chi connectivity index (χ3v) is 4.99. The third-order valence-electron chi connectivity index (χ3n) is 4.99. The Kier molecular flexibility index (Phi) is 6.87. The molecule has 1 atom stereocenters. The average molecular weight is 385 g/mol. The summed E-state index contributed by atoms with van der Waals surface area (Å²) in [6.07, 6.45) is -0.530. The number of ether oxygens (including phenoxy) is 1. The van der Waals surface area contributed by atoms with Gasteiger partial charge in [-0.1, -0.05) is 17.7 Å². The molecular formula is C22H28FN3O2. The lowest BCUT2D eigenvalue weighted by molar-refractivity contribution is -0.127. The Bertz CT molecular complexity index is 756. The van der Waals surface area contributed by atoms with E-state index in [0.717, 1.165) is 44.0 Å². The lowest BCUT2D eigenvalue weighted by Crippen LogP contribution is -2.49. The zero-order chi connectivity index (χ0) is 19.9. The van der Waals surface area contributed by atoms with Crippen LogP contribution in [-0.4, -0.2) is 56.2 Å². The molecule has 1 aliphatic heterocycles. The predicted molar refractivity (Wildman–Crippen MR) is 109 cm³/mol. The van der Waals surface area contributed by atoms with Gasteiger partial charge in [0.15, 0.2) is 6.10 Å². The van der Waals surface area contributed by atoms with Gasteiger partial charge < -0.3 is 15.0 Å². The quantitative estimate of drug-likeness (QED) is 0.796. The van der Waals surface area contributed by atoms with Crippen LogP contribution < -0.4 is 15.0 Å². The van der Waals surface area contributed by atoms with Crippen LogP contribution in [0.1, 0.15) is 12.5 Å². The van der Waals surface area contributed by atoms with E-state index in [0.29, 0.717) is 12.3 Å². The van der Waals surface area contributed by atoms with Crippen molar-refractivity contribution >= 4 is 11.6 Å². The molecule has 0 spiro atoms. The number of carbonyl (C=O) groups is 1. The van der Waals surface area contributed by atoms with Gasteiger partial charge in [0.1, 0.15) is 11.6 Å². The van der Waals surface area contributed by atoms with Gasteiger partial charge in [-0.2, -0.15) is 0 Å². The molecule has 1 unspecified atom stereocenters. The number of piperazine rings is 1. The standard InChI is InChI=1S/C22H28FN3O2/c1-17-3-9-21(10-4-17)28-18(2)22(27)24-11-12-25-13-15-26(16-14-25)20-7-5-19(23)6-8-20/h3-10,18H,11-16H2,1-2H3,(H,24,27). The van der Waals surface area contributed by atoms with Gasteiger partial charge in [-0.05, 0) is 50.2 Å². The number of aryl methyl sites for hydroxylation is 1. The van der Waals surface area contributed by atoms with Crippen LogP contribution in [0, 0.1) is 12.7 Å². The number of rotatable bonds is 7. The van der Waals surface area contributed by atoms with Gasteiger partial charge in [0.25, 0.3) is 5.91 Å². The van der Waals surface area contributed by atoms with E-state index >= 15 is 0 Å². The molecule has 1 fully saturated rings. The number of carbonyl (C=O) groups excluding carboxylic acids is 1. The van der Waals surface area contributed by atoms with Crippen molar-refractivity contribution in [2.75, 3.05) is 44.2 Å². The summed E-state index contributed by atoms with van der Waals surface area (Å²) >= 11 is 0. The number of benzene rings is 2. The molecule has 1 aliphatic rings. The van der Waals surface area contributed by atoms with Crippen molar-refractivity contribution < 1.29 is 13.9 Å². The van der Waals surface area contributed by atoms with E-state index in [1.54, 1.807) is 6.92 Å². The molecule has 1 N–H and O–H groups in total. The summed E-state index contributed by atoms with van der Waals surface area (Å²) in [5, 5.41) is 2.95. The van der Waals surface area contributed by atoms with E-state index in [9.17, 15) is 9.18 Å². The van der Waals surface area contributed by atoms with Crippen LogP contribution in [0.25, 0.3) is 0 Å². The molecule has 1 heterocycles. The zero-order valence-electron chi connectivity index (χ0n) is 16.5. The van der Waals surface area contributed by atoms with Crippen molar-refractivity contribution in [2.24, 2.45) is 0 Å². The number of nitrogens with zero attached hydrogens (tertiary/aromatic N) is 2. The Morgan fingerprint density at radius 1 is 1.07 bits per heavy atom. The SMILES string of the molecule is Cc1ccc(OC(C)C(=O)NCCN2CCN(c3ccc(F)cc3)CC2)cc1. The highest BCUT2D eigenvalue weighted by molar-refractivity contribution is 5.80. The van der Waals surface area contributed by atoms with Gasteiger partial charge in [0.2, 0.25) is 0 Å². The molecule has 0 aromatic heterocycles. The maximum atomic E-state index is 13.0. The van der Waals surface area contributed by atoms with E-state index in [2.05, 4.69) is 15.1 Å². The summed E-state index contributed by atoms with van der Waals surface area (Å²) in [4.78, 5) is 16.8. The first kappa shape index (κ1) is 20.1. The Morgan fingerprint density at radius 3 is 2.36 bits per heavy atom. The van der Waals surface area contributed by atoms with Crippen LogP contribution >= 0.6 is 0 Å². The van der Waals surface area contributed by atoms with Crippen molar-refractivity contribution in [3.8, 4) is 5.75 Å². The first-order valence-electron chi connectivity index (χ1n) is 9.75. The average Bonchev–Trinajstić information content (AvgIpc) is 2.71. The Hall–Kier alpha value is -2.60. The first-order chi connectivity index (χ1) is 13.5. The Balaban J connectivity index is 1.35. The van der Waals surface area contributed by atoms with E-state index in [1.807, 2.05) is 43.3 Å². The molecule has 2 aromatic rings. The molecule has 6 heteroatoms. The Morgan fingerprint density at radius 2 is 1.71 bits per heavy atom. The minimum absolute atomic E-state index is 0.106. The highest BCUT2D eigenvalue weighted by atomic mass is 19.1. The third kappa shape index (κ3) is 5.70. The van der Waals surface area contributed by atoms with Gasteiger partial charge in [-0.25, -0.2) is 4.39 Å². The minimum atomic E-state index is -0.530. The largest absolute Gasteiger partial charge is 0.481 e. The molecule has 1 saturated heterocycles. The maximum absolute atomic E-state index is 13.0. The van der Waals surface area contributed by atoms with Crippen molar-refractivity contribution in [1.29, 1.82) is 0 Å². The normalized spacial score (nSPS) is 15.9. The molecule has 5 nitrogen and oxygen atoms in total. The lowest BCUT2D eigenvalue weighted by atomic mass is 10.2. The van der Waals surface area contributed by atoms with Crippen LogP contribution in [0.3, 0.4) is 0 Å². The molecule has 3 rings (SSSR count). The zero-order valence-corrected chi connectivity index (χ0v) is 16.5. The number of nitrogens with one attached hydrogen (secondary N) is 1. The fraction of sp³-hybridized carbons (Fsp3) is 0.409. The number of hydrogen-bond donors (Lipinski definition) is 1. The van der Waals surface area contributed by atoms with Crippen molar-refractivity contribution in [3.05, 3.63) is 59.9 Å². The van der Waals surface area contributed by atoms with Gasteiger partial charge >= 0.3 is 0 Å². The Labute approximate surface area is 166 Å². The van der Waals surface area contributed by atoms with Crippen LogP contribution in [0.4, 0.5) is 10.1 Å². The molecule has 0 aliphatic carbocycles. The fourth-order valence-electron chi connectivity index (χ4n) is 3.24. The molecule has 28 heavy (non-hydrogen) atoms. The van der Waals surface area contributed by atoms with Crippen molar-refractivity contribution in [1.82, 2.24) is 10.2 Å². The molecule has 2 aromatic carbocycles. The van der Waals surface area contributed by atoms with E-state index in [1.165, 1.54) is 12.1 Å². The highest BCUT2D eigenvalue weighted by Gasteiger charge is 2.18. The number of hydrogen-bond acceptors (Lipinski definition) is 4. The summed E-state index contributed by atoms with van der Waals surface area (Å²) in [6, 6.07) is 14.3. The summed E-state index contributed by atoms with van der Waals surface area (Å²) in [5.41, 5.74) is 2.21. The van der Waals surface area contributed by atoms with Crippen LogP contribution in [0.2, 0.25) is 0 Å². The van der Waals surface area contributed by atoms with Gasteiger partial charge in [0.05, 0.1) is 0 Å². The summed E-state index contributed by atoms with van der Waals surface area (Å²) in [6.45, 7) is 8.80. The lowest BCUT2D eigenvalue weighted by Gasteiger charge is -2.36. The number of anilines is 1. The second-order valence-electron chi connectivity index (χ2n) is 7.17. The monoisotopic (exact) mass is 385 g/mol. The fourth-order valence-corrected chi connectivity index (χ4v) is 3.24. The maximum Gasteiger partial charge on any atom is 0.260 e. The molecule has 0 radical (unpaired) electrons. The molecular weight excluding hydrogens is 357 g/mol. The molecule has 0 bridgehead atoms. The molecule has 1 amide bonds. The molecule has 150 valence electrons. The predicted octanol–water partition coefficient (Wildman–Crippen LogP) is 2.84. The van der Waals surface area contributed by atoms with Gasteiger partial charge in [-0.15, -0.1) is 0 Å². The first-order valence-corrected chi connectivity index (χ1v) is 9.75. The molecule has 0 saturated carbocycles. The summed E-state index contributed by atoms with van der Waals surface area (Å²) in [5.74, 6) is 0.384. The number of amides is 1. The highest BCUT2D eigenvalue weighted by Crippen LogP contribution is 2.17. The van der Waals surface area contributed by atoms with Gasteiger partial charge in [0, 0.05) is 45.0 Å². The second-order valence-corrected chi connectivity index (χ2v) is 7.17. The second kappa shape index (κ2) is 9.55. The van der Waals surface area contributed by atoms with Crippen molar-refractivity contribution in [3.63, 3.8) is 0 Å². The summed E-state index contributed by atoms with van der Waals surface area (Å²) in [7, 11) is 0. The van der Waals surface area contributed by atoms with Gasteiger partial charge in [-0.3, -0.25) is 9.69 Å². The van der Waals surface area contributed by atoms with Crippen molar-refractivity contribution in [2.45, 2.75) is 20.0 Å². The van der Waals surface area contributed by atoms with E-state index in [-0.39, 0.29) is 11.7 Å². The summed E-state index contributed by atoms with van der Waals surface area (Å²) < 4.78 is 18.7. The number of halogens is 1. The van der Waals surface area contributed by atoms with E-state index in [4.69, 9.17) is 4.74 Å². The smallest absolute Gasteiger partial charge is 0.260 e.